The molecule has 0 atom stereocenters. The van der Waals surface area contributed by atoms with Gasteiger partial charge in [0, 0.05) is 31.1 Å². The van der Waals surface area contributed by atoms with Gasteiger partial charge in [-0.2, -0.15) is 0 Å². The Morgan fingerprint density at radius 3 is 2.76 bits per heavy atom. The predicted octanol–water partition coefficient (Wildman–Crippen LogP) is 4.46. The SMILES string of the molecule is Fc1ccc2c(c1)NC1(CCOCC1)C(=NCc1cccc(Cl)c1)N2. The fourth-order valence-electron chi connectivity index (χ4n) is 3.37. The van der Waals surface area contributed by atoms with Gasteiger partial charge in [-0.05, 0) is 35.9 Å². The molecule has 0 bridgehead atoms. The number of nitrogens with one attached hydrogen (secondary N) is 2. The molecule has 0 aromatic heterocycles. The third kappa shape index (κ3) is 3.34. The van der Waals surface area contributed by atoms with E-state index in [0.29, 0.717) is 24.8 Å². The second kappa shape index (κ2) is 6.65. The van der Waals surface area contributed by atoms with E-state index in [1.807, 2.05) is 24.3 Å². The molecule has 1 spiro atoms. The minimum absolute atomic E-state index is 0.255. The number of fused-ring (bicyclic) bond motifs is 1. The Hall–Kier alpha value is -2.11. The lowest BCUT2D eigenvalue weighted by Gasteiger charge is -2.43. The highest BCUT2D eigenvalue weighted by Crippen LogP contribution is 2.37. The zero-order valence-electron chi connectivity index (χ0n) is 13.7. The van der Waals surface area contributed by atoms with Crippen LogP contribution in [0.1, 0.15) is 18.4 Å². The van der Waals surface area contributed by atoms with Crippen molar-refractivity contribution in [3.8, 4) is 0 Å². The van der Waals surface area contributed by atoms with E-state index in [-0.39, 0.29) is 11.4 Å². The van der Waals surface area contributed by atoms with Crippen LogP contribution >= 0.6 is 11.6 Å². The molecule has 1 saturated heterocycles. The van der Waals surface area contributed by atoms with E-state index in [1.165, 1.54) is 12.1 Å². The van der Waals surface area contributed by atoms with Gasteiger partial charge >= 0.3 is 0 Å². The van der Waals surface area contributed by atoms with Crippen molar-refractivity contribution in [2.75, 3.05) is 23.8 Å². The predicted molar refractivity (Wildman–Crippen MR) is 99.0 cm³/mol. The largest absolute Gasteiger partial charge is 0.381 e. The molecular formula is C19H19ClFN3O. The quantitative estimate of drug-likeness (QED) is 0.831. The molecule has 4 nitrogen and oxygen atoms in total. The van der Waals surface area contributed by atoms with Gasteiger partial charge < -0.3 is 15.4 Å². The Kier molecular flexibility index (Phi) is 4.36. The zero-order chi connectivity index (χ0) is 17.3. The number of aliphatic imine (C=N–C) groups is 1. The van der Waals surface area contributed by atoms with Crippen molar-refractivity contribution in [2.24, 2.45) is 4.99 Å². The van der Waals surface area contributed by atoms with Crippen LogP contribution in [0.4, 0.5) is 15.8 Å². The van der Waals surface area contributed by atoms with Crippen LogP contribution in [-0.4, -0.2) is 24.6 Å². The number of benzene rings is 2. The number of halogens is 2. The van der Waals surface area contributed by atoms with Crippen molar-refractivity contribution in [3.63, 3.8) is 0 Å². The monoisotopic (exact) mass is 359 g/mol. The lowest BCUT2D eigenvalue weighted by atomic mass is 9.86. The third-order valence-electron chi connectivity index (χ3n) is 4.72. The Morgan fingerprint density at radius 1 is 1.12 bits per heavy atom. The molecular weight excluding hydrogens is 341 g/mol. The summed E-state index contributed by atoms with van der Waals surface area (Å²) >= 11 is 6.06. The van der Waals surface area contributed by atoms with Gasteiger partial charge in [-0.1, -0.05) is 23.7 Å². The molecule has 0 aliphatic carbocycles. The van der Waals surface area contributed by atoms with Crippen LogP contribution < -0.4 is 10.6 Å². The van der Waals surface area contributed by atoms with Gasteiger partial charge in [0.25, 0.3) is 0 Å². The van der Waals surface area contributed by atoms with E-state index in [1.54, 1.807) is 6.07 Å². The number of hydrogen-bond acceptors (Lipinski definition) is 3. The van der Waals surface area contributed by atoms with E-state index in [9.17, 15) is 4.39 Å². The van der Waals surface area contributed by atoms with Gasteiger partial charge in [0.15, 0.2) is 0 Å². The van der Waals surface area contributed by atoms with Gasteiger partial charge in [-0.3, -0.25) is 4.99 Å². The Morgan fingerprint density at radius 2 is 1.96 bits per heavy atom. The average Bonchev–Trinajstić information content (AvgIpc) is 2.61. The highest BCUT2D eigenvalue weighted by molar-refractivity contribution is 6.30. The first-order valence-corrected chi connectivity index (χ1v) is 8.74. The van der Waals surface area contributed by atoms with E-state index >= 15 is 0 Å². The first kappa shape index (κ1) is 16.4. The van der Waals surface area contributed by atoms with Gasteiger partial charge in [0.2, 0.25) is 0 Å². The van der Waals surface area contributed by atoms with Crippen molar-refractivity contribution >= 4 is 28.8 Å². The normalized spacial score (nSPS) is 20.0. The molecule has 4 rings (SSSR count). The minimum atomic E-state index is -0.350. The maximum atomic E-state index is 13.6. The lowest BCUT2D eigenvalue weighted by molar-refractivity contribution is 0.0778. The Labute approximate surface area is 151 Å². The number of ether oxygens (including phenoxy) is 1. The number of rotatable bonds is 2. The summed E-state index contributed by atoms with van der Waals surface area (Å²) in [5.41, 5.74) is 2.30. The maximum absolute atomic E-state index is 13.6. The highest BCUT2D eigenvalue weighted by atomic mass is 35.5. The van der Waals surface area contributed by atoms with Gasteiger partial charge in [0.05, 0.1) is 23.5 Å². The van der Waals surface area contributed by atoms with Gasteiger partial charge in [-0.25, -0.2) is 4.39 Å². The molecule has 0 saturated carbocycles. The second-order valence-electron chi connectivity index (χ2n) is 6.43. The van der Waals surface area contributed by atoms with Crippen molar-refractivity contribution in [1.29, 1.82) is 0 Å². The van der Waals surface area contributed by atoms with Crippen LogP contribution in [0.3, 0.4) is 0 Å². The third-order valence-corrected chi connectivity index (χ3v) is 4.95. The van der Waals surface area contributed by atoms with Crippen molar-refractivity contribution in [2.45, 2.75) is 24.9 Å². The topological polar surface area (TPSA) is 45.6 Å². The van der Waals surface area contributed by atoms with E-state index in [0.717, 1.165) is 35.6 Å². The maximum Gasteiger partial charge on any atom is 0.127 e. The lowest BCUT2D eigenvalue weighted by Crippen LogP contribution is -2.55. The van der Waals surface area contributed by atoms with Crippen LogP contribution in [0.15, 0.2) is 47.5 Å². The molecule has 0 radical (unpaired) electrons. The molecule has 2 aromatic rings. The molecule has 1 fully saturated rings. The summed E-state index contributed by atoms with van der Waals surface area (Å²) in [4.78, 5) is 4.83. The average molecular weight is 360 g/mol. The van der Waals surface area contributed by atoms with Crippen LogP contribution in [0.5, 0.6) is 0 Å². The molecule has 2 aromatic carbocycles. The standard InChI is InChI=1S/C19H19ClFN3O/c20-14-3-1-2-13(10-14)12-22-18-19(6-8-25-9-7-19)24-17-11-15(21)4-5-16(17)23-18/h1-5,10-11,24H,6-9,12H2,(H,22,23). The summed E-state index contributed by atoms with van der Waals surface area (Å²) < 4.78 is 19.1. The summed E-state index contributed by atoms with van der Waals surface area (Å²) in [6.45, 7) is 1.83. The molecule has 2 N–H and O–H groups in total. The summed E-state index contributed by atoms with van der Waals surface area (Å²) in [5, 5.41) is 7.62. The van der Waals surface area contributed by atoms with Crippen molar-refractivity contribution < 1.29 is 9.13 Å². The summed E-state index contributed by atoms with van der Waals surface area (Å²) in [6.07, 6.45) is 1.56. The molecule has 6 heteroatoms. The zero-order valence-corrected chi connectivity index (χ0v) is 14.4. The van der Waals surface area contributed by atoms with E-state index < -0.39 is 0 Å². The number of amidine groups is 1. The van der Waals surface area contributed by atoms with E-state index in [4.69, 9.17) is 21.3 Å². The van der Waals surface area contributed by atoms with Crippen LogP contribution in [0.2, 0.25) is 5.02 Å². The number of hydrogen-bond donors (Lipinski definition) is 2. The van der Waals surface area contributed by atoms with Crippen LogP contribution in [0.25, 0.3) is 0 Å². The van der Waals surface area contributed by atoms with E-state index in [2.05, 4.69) is 10.6 Å². The summed E-state index contributed by atoms with van der Waals surface area (Å²) in [5.74, 6) is 0.615. The molecule has 0 amide bonds. The first-order chi connectivity index (χ1) is 12.1. The van der Waals surface area contributed by atoms with Gasteiger partial charge in [-0.15, -0.1) is 0 Å². The Bertz CT molecular complexity index is 818. The smallest absolute Gasteiger partial charge is 0.127 e. The molecule has 25 heavy (non-hydrogen) atoms. The minimum Gasteiger partial charge on any atom is -0.381 e. The summed E-state index contributed by atoms with van der Waals surface area (Å²) in [7, 11) is 0. The fraction of sp³-hybridized carbons (Fsp3) is 0.316. The van der Waals surface area contributed by atoms with Gasteiger partial charge in [0.1, 0.15) is 11.7 Å². The highest BCUT2D eigenvalue weighted by Gasteiger charge is 2.41. The second-order valence-corrected chi connectivity index (χ2v) is 6.87. The molecule has 2 heterocycles. The number of anilines is 2. The molecule has 2 aliphatic rings. The molecule has 2 aliphatic heterocycles. The van der Waals surface area contributed by atoms with Crippen molar-refractivity contribution in [3.05, 3.63) is 58.9 Å². The summed E-state index contributed by atoms with van der Waals surface area (Å²) in [6, 6.07) is 12.4. The van der Waals surface area contributed by atoms with Crippen LogP contribution in [0, 0.1) is 5.82 Å². The van der Waals surface area contributed by atoms with Crippen LogP contribution in [-0.2, 0) is 11.3 Å². The Balaban J connectivity index is 1.68. The molecule has 0 unspecified atom stereocenters. The number of nitrogens with zero attached hydrogens (tertiary/aromatic N) is 1. The molecule has 130 valence electrons. The van der Waals surface area contributed by atoms with Crippen molar-refractivity contribution in [1.82, 2.24) is 0 Å². The fourth-order valence-corrected chi connectivity index (χ4v) is 3.58. The first-order valence-electron chi connectivity index (χ1n) is 8.37.